The van der Waals surface area contributed by atoms with Crippen molar-refractivity contribution < 1.29 is 22.2 Å². The van der Waals surface area contributed by atoms with Gasteiger partial charge in [0.15, 0.2) is 34.5 Å². The predicted octanol–water partition coefficient (Wildman–Crippen LogP) is 10.4. The number of hydrogen-bond acceptors (Lipinski definition) is 14. The van der Waals surface area contributed by atoms with E-state index in [1.54, 1.807) is 64.1 Å². The number of hydrogen-bond donors (Lipinski definition) is 4. The Bertz CT molecular complexity index is 3350. The molecular formula is C55H59F3N12O4. The van der Waals surface area contributed by atoms with Crippen molar-refractivity contribution in [2.75, 3.05) is 11.5 Å². The molecule has 0 amide bonds. The van der Waals surface area contributed by atoms with Crippen molar-refractivity contribution in [3.8, 4) is 67.9 Å². The van der Waals surface area contributed by atoms with Gasteiger partial charge in [0.1, 0.15) is 17.2 Å². The fourth-order valence-corrected chi connectivity index (χ4v) is 9.01. The van der Waals surface area contributed by atoms with Crippen molar-refractivity contribution in [1.29, 1.82) is 0 Å². The molecule has 6 N–H and O–H groups in total. The van der Waals surface area contributed by atoms with Crippen LogP contribution in [0.15, 0.2) is 122 Å². The van der Waals surface area contributed by atoms with Crippen molar-refractivity contribution in [2.45, 2.75) is 122 Å². The van der Waals surface area contributed by atoms with E-state index in [4.69, 9.17) is 20.5 Å². The molecule has 10 rings (SSSR count). The second-order valence-electron chi connectivity index (χ2n) is 18.9. The van der Waals surface area contributed by atoms with Crippen LogP contribution in [0.5, 0.6) is 0 Å². The number of nitrogen functional groups attached to an aromatic ring is 2. The Morgan fingerprint density at radius 1 is 0.622 bits per heavy atom. The summed E-state index contributed by atoms with van der Waals surface area (Å²) in [6, 6.07) is 23.2. The van der Waals surface area contributed by atoms with E-state index >= 15 is 0 Å². The van der Waals surface area contributed by atoms with Gasteiger partial charge in [-0.25, -0.2) is 33.1 Å². The Morgan fingerprint density at radius 3 is 1.59 bits per heavy atom. The molecule has 0 radical (unpaired) electrons. The zero-order valence-electron chi connectivity index (χ0n) is 41.7. The molecule has 0 saturated heterocycles. The van der Waals surface area contributed by atoms with Crippen molar-refractivity contribution in [1.82, 2.24) is 50.0 Å². The molecule has 2 saturated carbocycles. The first-order valence-electron chi connectivity index (χ1n) is 25.1. The lowest BCUT2D eigenvalue weighted by molar-refractivity contribution is -0.0930. The molecule has 8 aromatic rings. The number of anilines is 2. The van der Waals surface area contributed by atoms with Crippen LogP contribution < -0.4 is 33.2 Å². The second kappa shape index (κ2) is 22.1. The van der Waals surface area contributed by atoms with Crippen LogP contribution in [0.3, 0.4) is 0 Å². The predicted molar refractivity (Wildman–Crippen MR) is 278 cm³/mol. The summed E-state index contributed by atoms with van der Waals surface area (Å²) in [7, 11) is 0. The summed E-state index contributed by atoms with van der Waals surface area (Å²) in [5, 5.41) is 14.8. The van der Waals surface area contributed by atoms with Crippen LogP contribution in [-0.4, -0.2) is 57.4 Å². The van der Waals surface area contributed by atoms with Gasteiger partial charge < -0.3 is 40.3 Å². The summed E-state index contributed by atoms with van der Waals surface area (Å²) < 4.78 is 55.4. The fourth-order valence-electron chi connectivity index (χ4n) is 9.01. The van der Waals surface area contributed by atoms with Crippen LogP contribution in [0.4, 0.5) is 24.8 Å². The highest BCUT2D eigenvalue weighted by molar-refractivity contribution is 5.74. The first-order chi connectivity index (χ1) is 35.7. The molecule has 384 valence electrons. The molecule has 16 nitrogen and oxygen atoms in total. The molecule has 2 aliphatic rings. The molecule has 6 aromatic heterocycles. The van der Waals surface area contributed by atoms with E-state index in [9.17, 15) is 22.8 Å². The molecule has 6 heterocycles. The lowest BCUT2D eigenvalue weighted by atomic mass is 9.88. The zero-order chi connectivity index (χ0) is 52.1. The molecule has 2 aromatic carbocycles. The molecule has 0 unspecified atom stereocenters. The lowest BCUT2D eigenvalue weighted by Gasteiger charge is -2.35. The molecule has 2 fully saturated rings. The standard InChI is InChI=1S/C28H30F2N6O2.C27H29FN6O2/c1-3-21(4-2)36-16-19(9-10-25(36)37)23-15-33-27(31)26(34-23)24-11-22(35-38-24)18-7-5-17(6-8-18)14-32-20-12-28(29,30)13-20;1-3-19(4-2)34-15-17(6-10-25(34)35)23-14-31-27(29)26(32-23)24-12-22(33-36-24)20-9-5-16(11-21(20)28)13-30-18-7-8-18/h5-11,15-16,20-21,32H,3-4,12-14H2,1-2H3,(H2,31,33);5-6,9-12,14-15,18-19,30H,3-4,7-8,13H2,1-2H3,(H2,29,31). The number of benzene rings is 2. The Kier molecular flexibility index (Phi) is 15.3. The van der Waals surface area contributed by atoms with Crippen LogP contribution in [0.2, 0.25) is 0 Å². The average molecular weight is 1010 g/mol. The van der Waals surface area contributed by atoms with Crippen molar-refractivity contribution in [3.05, 3.63) is 141 Å². The van der Waals surface area contributed by atoms with Gasteiger partial charge in [-0.3, -0.25) is 9.59 Å². The third kappa shape index (κ3) is 11.7. The number of aromatic nitrogens is 8. The summed E-state index contributed by atoms with van der Waals surface area (Å²) in [6.07, 6.45) is 12.2. The van der Waals surface area contributed by atoms with Gasteiger partial charge in [0, 0.05) is 109 Å². The van der Waals surface area contributed by atoms with Crippen LogP contribution in [0, 0.1) is 5.82 Å². The third-order valence-electron chi connectivity index (χ3n) is 13.6. The Balaban J connectivity index is 0.000000182. The third-order valence-corrected chi connectivity index (χ3v) is 13.6. The molecule has 0 spiro atoms. The Labute approximate surface area is 425 Å². The highest BCUT2D eigenvalue weighted by Crippen LogP contribution is 2.38. The molecule has 0 bridgehead atoms. The van der Waals surface area contributed by atoms with Gasteiger partial charge in [-0.1, -0.05) is 68.3 Å². The maximum absolute atomic E-state index is 14.9. The molecule has 0 atom stereocenters. The topological polar surface area (TPSA) is 224 Å². The number of alkyl halides is 2. The van der Waals surface area contributed by atoms with E-state index in [-0.39, 0.29) is 65.3 Å². The van der Waals surface area contributed by atoms with Crippen molar-refractivity contribution in [2.24, 2.45) is 0 Å². The summed E-state index contributed by atoms with van der Waals surface area (Å²) in [4.78, 5) is 42.7. The SMILES string of the molecule is CCC(CC)n1cc(-c2cnc(N)c(-c3cc(-c4ccc(CNC5CC(F)(F)C5)cc4)no3)n2)ccc1=O.CCC(CC)n1cc(-c2cnc(N)c(-c3cc(-c4ccc(CNC5CC5)cc4F)no3)n2)ccc1=O. The maximum atomic E-state index is 14.9. The normalized spacial score (nSPS) is 14.3. The summed E-state index contributed by atoms with van der Waals surface area (Å²) in [5.74, 6) is -1.89. The van der Waals surface area contributed by atoms with Crippen LogP contribution >= 0.6 is 0 Å². The molecule has 74 heavy (non-hydrogen) atoms. The number of halogens is 3. The molecule has 0 aliphatic heterocycles. The molecular weight excluding hydrogens is 950 g/mol. The smallest absolute Gasteiger partial charge is 0.251 e. The van der Waals surface area contributed by atoms with Crippen molar-refractivity contribution >= 4 is 11.6 Å². The number of nitrogens with zero attached hydrogens (tertiary/aromatic N) is 8. The first kappa shape index (κ1) is 51.1. The van der Waals surface area contributed by atoms with E-state index in [1.807, 2.05) is 36.5 Å². The number of nitrogens with two attached hydrogens (primary N) is 2. The monoisotopic (exact) mass is 1010 g/mol. The van der Waals surface area contributed by atoms with Gasteiger partial charge in [-0.05, 0) is 73.9 Å². The minimum Gasteiger partial charge on any atom is -0.382 e. The van der Waals surface area contributed by atoms with E-state index in [0.29, 0.717) is 64.6 Å². The lowest BCUT2D eigenvalue weighted by Crippen LogP contribution is -2.48. The van der Waals surface area contributed by atoms with E-state index in [0.717, 1.165) is 53.5 Å². The Morgan fingerprint density at radius 2 is 1.09 bits per heavy atom. The van der Waals surface area contributed by atoms with Gasteiger partial charge in [-0.15, -0.1) is 0 Å². The molecule has 19 heteroatoms. The first-order valence-corrected chi connectivity index (χ1v) is 25.1. The van der Waals surface area contributed by atoms with E-state index < -0.39 is 5.92 Å². The second-order valence-corrected chi connectivity index (χ2v) is 18.9. The fraction of sp³-hybridized carbons (Fsp3) is 0.345. The summed E-state index contributed by atoms with van der Waals surface area (Å²) >= 11 is 0. The van der Waals surface area contributed by atoms with Gasteiger partial charge in [0.05, 0.1) is 23.8 Å². The number of rotatable bonds is 18. The zero-order valence-corrected chi connectivity index (χ0v) is 41.7. The average Bonchev–Trinajstić information content (AvgIpc) is 3.87. The van der Waals surface area contributed by atoms with Crippen molar-refractivity contribution in [3.63, 3.8) is 0 Å². The minimum atomic E-state index is -2.53. The number of pyridine rings is 2. The largest absolute Gasteiger partial charge is 0.382 e. The summed E-state index contributed by atoms with van der Waals surface area (Å²) in [5.41, 5.74) is 19.4. The quantitative estimate of drug-likeness (QED) is 0.0628. The van der Waals surface area contributed by atoms with Gasteiger partial charge >= 0.3 is 0 Å². The van der Waals surface area contributed by atoms with Crippen LogP contribution in [-0.2, 0) is 13.1 Å². The van der Waals surface area contributed by atoms with Crippen LogP contribution in [0.1, 0.15) is 102 Å². The van der Waals surface area contributed by atoms with E-state index in [1.165, 1.54) is 25.0 Å². The highest BCUT2D eigenvalue weighted by atomic mass is 19.3. The van der Waals surface area contributed by atoms with Gasteiger partial charge in [0.25, 0.3) is 17.0 Å². The maximum Gasteiger partial charge on any atom is 0.251 e. The van der Waals surface area contributed by atoms with Crippen LogP contribution in [0.25, 0.3) is 67.9 Å². The van der Waals surface area contributed by atoms with Gasteiger partial charge in [-0.2, -0.15) is 0 Å². The Hall–Kier alpha value is -7.77. The number of nitrogens with one attached hydrogen (secondary N) is 2. The molecule has 2 aliphatic carbocycles. The minimum absolute atomic E-state index is 0.0580. The highest BCUT2D eigenvalue weighted by Gasteiger charge is 2.44. The summed E-state index contributed by atoms with van der Waals surface area (Å²) in [6.45, 7) is 9.37. The van der Waals surface area contributed by atoms with Gasteiger partial charge in [0.2, 0.25) is 0 Å². The van der Waals surface area contributed by atoms with E-state index in [2.05, 4.69) is 68.6 Å².